The van der Waals surface area contributed by atoms with Crippen molar-refractivity contribution < 1.29 is 19.1 Å². The van der Waals surface area contributed by atoms with Crippen molar-refractivity contribution in [2.45, 2.75) is 24.9 Å². The lowest BCUT2D eigenvalue weighted by Gasteiger charge is -2.12. The average Bonchev–Trinajstić information content (AvgIpc) is 2.45. The lowest BCUT2D eigenvalue weighted by molar-refractivity contribution is -0.142. The van der Waals surface area contributed by atoms with Crippen molar-refractivity contribution in [1.82, 2.24) is 0 Å². The first-order valence-corrected chi connectivity index (χ1v) is 6.22. The summed E-state index contributed by atoms with van der Waals surface area (Å²) >= 11 is 0. The summed E-state index contributed by atoms with van der Waals surface area (Å²) in [6, 6.07) is 6.00. The fraction of sp³-hybridized carbons (Fsp3) is 0.429. The number of esters is 2. The van der Waals surface area contributed by atoms with E-state index in [4.69, 9.17) is 11.5 Å². The molecule has 0 saturated carbocycles. The predicted molar refractivity (Wildman–Crippen MR) is 73.8 cm³/mol. The molecule has 0 amide bonds. The van der Waals surface area contributed by atoms with Gasteiger partial charge in [0.25, 0.3) is 0 Å². The summed E-state index contributed by atoms with van der Waals surface area (Å²) in [5.41, 5.74) is 13.2. The molecule has 1 aromatic rings. The number of rotatable bonds is 6. The fourth-order valence-corrected chi connectivity index (χ4v) is 1.86. The van der Waals surface area contributed by atoms with Crippen LogP contribution >= 0.6 is 0 Å². The second kappa shape index (κ2) is 7.62. The van der Waals surface area contributed by atoms with Gasteiger partial charge in [-0.2, -0.15) is 0 Å². The topological polar surface area (TPSA) is 105 Å². The summed E-state index contributed by atoms with van der Waals surface area (Å²) < 4.78 is 9.16. The van der Waals surface area contributed by atoms with Crippen LogP contribution in [0.3, 0.4) is 0 Å². The molecule has 0 unspecified atom stereocenters. The molecule has 0 aliphatic heterocycles. The van der Waals surface area contributed by atoms with Crippen LogP contribution in [-0.4, -0.2) is 38.2 Å². The van der Waals surface area contributed by atoms with Crippen LogP contribution in [0.2, 0.25) is 0 Å². The van der Waals surface area contributed by atoms with Crippen molar-refractivity contribution >= 4 is 11.9 Å². The Kier molecular flexibility index (Phi) is 6.14. The number of carbonyl (C=O) groups is 2. The quantitative estimate of drug-likeness (QED) is 0.698. The lowest BCUT2D eigenvalue weighted by atomic mass is 10.0. The standard InChI is InChI=1S/C14H20N2O4/c1-19-13(17)11(15)7-9-4-3-5-10(6-9)8-12(16)14(18)20-2/h3-6,11-12H,7-8,15-16H2,1-2H3/t11-,12-/m0/s1. The molecule has 110 valence electrons. The molecule has 0 aliphatic carbocycles. The average molecular weight is 280 g/mol. The minimum atomic E-state index is -0.704. The minimum Gasteiger partial charge on any atom is -0.468 e. The second-order valence-corrected chi connectivity index (χ2v) is 4.49. The molecule has 6 nitrogen and oxygen atoms in total. The van der Waals surface area contributed by atoms with E-state index < -0.39 is 24.0 Å². The molecule has 2 atom stereocenters. The van der Waals surface area contributed by atoms with Crippen LogP contribution in [0, 0.1) is 0 Å². The van der Waals surface area contributed by atoms with E-state index in [1.54, 1.807) is 0 Å². The van der Waals surface area contributed by atoms with Crippen LogP contribution in [0.25, 0.3) is 0 Å². The van der Waals surface area contributed by atoms with Crippen LogP contribution in [0.1, 0.15) is 11.1 Å². The molecular weight excluding hydrogens is 260 g/mol. The van der Waals surface area contributed by atoms with Gasteiger partial charge < -0.3 is 20.9 Å². The zero-order valence-electron chi connectivity index (χ0n) is 11.7. The molecule has 20 heavy (non-hydrogen) atoms. The summed E-state index contributed by atoms with van der Waals surface area (Å²) in [4.78, 5) is 22.6. The monoisotopic (exact) mass is 280 g/mol. The van der Waals surface area contributed by atoms with Crippen LogP contribution in [0.15, 0.2) is 24.3 Å². The Bertz CT molecular complexity index is 437. The number of carbonyl (C=O) groups excluding carboxylic acids is 2. The van der Waals surface area contributed by atoms with Gasteiger partial charge in [0.1, 0.15) is 12.1 Å². The van der Waals surface area contributed by atoms with Crippen molar-refractivity contribution in [3.63, 3.8) is 0 Å². The lowest BCUT2D eigenvalue weighted by Crippen LogP contribution is -2.34. The zero-order valence-corrected chi connectivity index (χ0v) is 11.7. The van der Waals surface area contributed by atoms with Crippen molar-refractivity contribution in [1.29, 1.82) is 0 Å². The van der Waals surface area contributed by atoms with Crippen molar-refractivity contribution in [2.75, 3.05) is 14.2 Å². The Balaban J connectivity index is 2.71. The van der Waals surface area contributed by atoms with E-state index in [0.29, 0.717) is 12.8 Å². The molecule has 0 saturated heterocycles. The highest BCUT2D eigenvalue weighted by molar-refractivity contribution is 5.76. The van der Waals surface area contributed by atoms with Gasteiger partial charge in [0, 0.05) is 0 Å². The van der Waals surface area contributed by atoms with Gasteiger partial charge in [-0.1, -0.05) is 24.3 Å². The third kappa shape index (κ3) is 4.64. The molecule has 4 N–H and O–H groups in total. The highest BCUT2D eigenvalue weighted by Crippen LogP contribution is 2.10. The number of ether oxygens (including phenoxy) is 2. The van der Waals surface area contributed by atoms with Gasteiger partial charge in [0.05, 0.1) is 14.2 Å². The normalized spacial score (nSPS) is 13.4. The van der Waals surface area contributed by atoms with Crippen LogP contribution in [0.5, 0.6) is 0 Å². The van der Waals surface area contributed by atoms with E-state index in [1.807, 2.05) is 24.3 Å². The fourth-order valence-electron chi connectivity index (χ4n) is 1.86. The summed E-state index contributed by atoms with van der Waals surface area (Å²) in [5, 5.41) is 0. The second-order valence-electron chi connectivity index (χ2n) is 4.49. The van der Waals surface area contributed by atoms with E-state index in [9.17, 15) is 9.59 Å². The van der Waals surface area contributed by atoms with E-state index in [1.165, 1.54) is 14.2 Å². The maximum atomic E-state index is 11.3. The van der Waals surface area contributed by atoms with Gasteiger partial charge in [-0.05, 0) is 24.0 Å². The Morgan fingerprint density at radius 2 is 1.40 bits per heavy atom. The van der Waals surface area contributed by atoms with E-state index in [2.05, 4.69) is 9.47 Å². The first kappa shape index (κ1) is 16.1. The molecule has 0 aromatic heterocycles. The van der Waals surface area contributed by atoms with Crippen molar-refractivity contribution in [2.24, 2.45) is 11.5 Å². The Morgan fingerprint density at radius 1 is 1.00 bits per heavy atom. The highest BCUT2D eigenvalue weighted by atomic mass is 16.5. The van der Waals surface area contributed by atoms with Gasteiger partial charge in [0.15, 0.2) is 0 Å². The SMILES string of the molecule is COC(=O)[C@@H](N)Cc1cccc(C[C@H](N)C(=O)OC)c1. The number of benzene rings is 1. The van der Waals surface area contributed by atoms with E-state index in [-0.39, 0.29) is 0 Å². The van der Waals surface area contributed by atoms with Crippen LogP contribution in [-0.2, 0) is 31.9 Å². The summed E-state index contributed by atoms with van der Waals surface area (Å²) in [6.45, 7) is 0. The first-order chi connectivity index (χ1) is 9.47. The molecule has 0 heterocycles. The highest BCUT2D eigenvalue weighted by Gasteiger charge is 2.16. The minimum absolute atomic E-state index is 0.369. The first-order valence-electron chi connectivity index (χ1n) is 6.22. The van der Waals surface area contributed by atoms with E-state index >= 15 is 0 Å². The molecule has 1 aromatic carbocycles. The molecule has 0 spiro atoms. The molecule has 0 aliphatic rings. The number of nitrogens with two attached hydrogens (primary N) is 2. The largest absolute Gasteiger partial charge is 0.468 e. The third-order valence-corrected chi connectivity index (χ3v) is 2.91. The number of hydrogen-bond donors (Lipinski definition) is 2. The molecule has 6 heteroatoms. The summed E-state index contributed by atoms with van der Waals surface area (Å²) in [6.07, 6.45) is 0.738. The predicted octanol–water partition coefficient (Wildman–Crippen LogP) is -0.228. The van der Waals surface area contributed by atoms with Crippen LogP contribution < -0.4 is 11.5 Å². The molecule has 1 rings (SSSR count). The molecule has 0 fully saturated rings. The summed E-state index contributed by atoms with van der Waals surface area (Å²) in [5.74, 6) is -0.914. The molecule has 0 bridgehead atoms. The Hall–Kier alpha value is -1.92. The molecular formula is C14H20N2O4. The maximum absolute atomic E-state index is 11.3. The smallest absolute Gasteiger partial charge is 0.322 e. The zero-order chi connectivity index (χ0) is 15.1. The van der Waals surface area contributed by atoms with Crippen molar-refractivity contribution in [3.8, 4) is 0 Å². The third-order valence-electron chi connectivity index (χ3n) is 2.91. The van der Waals surface area contributed by atoms with Gasteiger partial charge >= 0.3 is 11.9 Å². The van der Waals surface area contributed by atoms with Gasteiger partial charge in [0.2, 0.25) is 0 Å². The van der Waals surface area contributed by atoms with Gasteiger partial charge in [-0.25, -0.2) is 0 Å². The molecule has 0 radical (unpaired) electrons. The maximum Gasteiger partial charge on any atom is 0.322 e. The Morgan fingerprint density at radius 3 is 1.75 bits per heavy atom. The van der Waals surface area contributed by atoms with Crippen LogP contribution in [0.4, 0.5) is 0 Å². The summed E-state index contributed by atoms with van der Waals surface area (Å²) in [7, 11) is 2.60. The van der Waals surface area contributed by atoms with E-state index in [0.717, 1.165) is 11.1 Å². The van der Waals surface area contributed by atoms with Crippen molar-refractivity contribution in [3.05, 3.63) is 35.4 Å². The van der Waals surface area contributed by atoms with Gasteiger partial charge in [-0.3, -0.25) is 9.59 Å². The Labute approximate surface area is 118 Å². The van der Waals surface area contributed by atoms with Gasteiger partial charge in [-0.15, -0.1) is 0 Å². The number of hydrogen-bond acceptors (Lipinski definition) is 6. The number of methoxy groups -OCH3 is 2.